The van der Waals surface area contributed by atoms with Crippen molar-refractivity contribution in [1.82, 2.24) is 4.72 Å². The maximum atomic E-state index is 14.1. The van der Waals surface area contributed by atoms with Crippen LogP contribution in [0.3, 0.4) is 0 Å². The third kappa shape index (κ3) is 3.44. The maximum Gasteiger partial charge on any atom is 0.331 e. The first-order valence-electron chi connectivity index (χ1n) is 6.36. The average molecular weight is 339 g/mol. The lowest BCUT2D eigenvalue weighted by Crippen LogP contribution is -2.62. The molecule has 0 spiro atoms. The first-order chi connectivity index (χ1) is 10.0. The van der Waals surface area contributed by atoms with Crippen LogP contribution in [0.15, 0.2) is 24.3 Å². The van der Waals surface area contributed by atoms with Crippen LogP contribution in [0.2, 0.25) is 0 Å². The minimum absolute atomic E-state index is 0.757. The lowest BCUT2D eigenvalue weighted by atomic mass is 9.86. The molecule has 2 atom stereocenters. The standard InChI is InChI=1S/C14H17F4NO2S/c1-12(2,3)22(21)19-13(8-15,14(17,18)9-20)10-6-4-5-7-11(10)16/h4-7,9,19H,8H2,1-3H3/t13?,22-/m1/s1. The van der Waals surface area contributed by atoms with Crippen LogP contribution in [0.25, 0.3) is 0 Å². The predicted molar refractivity (Wildman–Crippen MR) is 76.1 cm³/mol. The second-order valence-electron chi connectivity index (χ2n) is 5.74. The number of halogens is 4. The largest absolute Gasteiger partial charge is 0.598 e. The maximum absolute atomic E-state index is 14.1. The van der Waals surface area contributed by atoms with Gasteiger partial charge in [0.1, 0.15) is 17.2 Å². The van der Waals surface area contributed by atoms with Gasteiger partial charge in [0.15, 0.2) is 11.8 Å². The summed E-state index contributed by atoms with van der Waals surface area (Å²) in [5.41, 5.74) is -3.80. The van der Waals surface area contributed by atoms with Gasteiger partial charge in [-0.25, -0.2) is 8.78 Å². The minimum Gasteiger partial charge on any atom is -0.598 e. The summed E-state index contributed by atoms with van der Waals surface area (Å²) < 4.78 is 68.8. The number of hydrogen-bond acceptors (Lipinski definition) is 3. The Hall–Kier alpha value is -1.12. The average Bonchev–Trinajstić information content (AvgIpc) is 2.44. The van der Waals surface area contributed by atoms with Crippen LogP contribution in [0, 0.1) is 5.82 Å². The second kappa shape index (κ2) is 6.55. The summed E-state index contributed by atoms with van der Waals surface area (Å²) in [6, 6.07) is 4.26. The fourth-order valence-corrected chi connectivity index (χ4v) is 2.63. The molecule has 0 heterocycles. The van der Waals surface area contributed by atoms with E-state index in [-0.39, 0.29) is 0 Å². The number of rotatable bonds is 6. The summed E-state index contributed by atoms with van der Waals surface area (Å²) in [4.78, 5) is 10.8. The molecule has 0 aliphatic rings. The van der Waals surface area contributed by atoms with E-state index in [2.05, 4.69) is 0 Å². The molecule has 0 bridgehead atoms. The van der Waals surface area contributed by atoms with Crippen molar-refractivity contribution in [1.29, 1.82) is 0 Å². The highest BCUT2D eigenvalue weighted by Crippen LogP contribution is 2.40. The number of aldehydes is 1. The fraction of sp³-hybridized carbons (Fsp3) is 0.500. The quantitative estimate of drug-likeness (QED) is 0.493. The van der Waals surface area contributed by atoms with Crippen LogP contribution >= 0.6 is 0 Å². The van der Waals surface area contributed by atoms with Gasteiger partial charge in [-0.05, 0) is 26.8 Å². The van der Waals surface area contributed by atoms with Gasteiger partial charge < -0.3 is 4.55 Å². The van der Waals surface area contributed by atoms with E-state index in [1.54, 1.807) is 0 Å². The van der Waals surface area contributed by atoms with E-state index >= 15 is 0 Å². The molecule has 0 amide bonds. The van der Waals surface area contributed by atoms with Gasteiger partial charge in [-0.3, -0.25) is 4.79 Å². The molecular weight excluding hydrogens is 322 g/mol. The Morgan fingerprint density at radius 2 is 1.82 bits per heavy atom. The van der Waals surface area contributed by atoms with Crippen LogP contribution in [0.4, 0.5) is 17.6 Å². The minimum atomic E-state index is -4.30. The monoisotopic (exact) mass is 339 g/mol. The van der Waals surface area contributed by atoms with Crippen molar-refractivity contribution in [2.75, 3.05) is 6.67 Å². The van der Waals surface area contributed by atoms with E-state index < -0.39 is 51.9 Å². The summed E-state index contributed by atoms with van der Waals surface area (Å²) in [6.07, 6.45) is -0.772. The van der Waals surface area contributed by atoms with Crippen molar-refractivity contribution in [2.24, 2.45) is 0 Å². The molecule has 0 aliphatic heterocycles. The zero-order valence-corrected chi connectivity index (χ0v) is 13.1. The van der Waals surface area contributed by atoms with Crippen molar-refractivity contribution in [2.45, 2.75) is 37.0 Å². The Kier molecular flexibility index (Phi) is 5.64. The summed E-state index contributed by atoms with van der Waals surface area (Å²) in [7, 11) is 0. The van der Waals surface area contributed by atoms with Gasteiger partial charge in [0.25, 0.3) is 0 Å². The molecule has 0 saturated carbocycles. The Balaban J connectivity index is 3.51. The van der Waals surface area contributed by atoms with Crippen molar-refractivity contribution in [3.8, 4) is 0 Å². The first-order valence-corrected chi connectivity index (χ1v) is 7.51. The highest BCUT2D eigenvalue weighted by molar-refractivity contribution is 7.90. The smallest absolute Gasteiger partial charge is 0.331 e. The van der Waals surface area contributed by atoms with Gasteiger partial charge in [-0.15, -0.1) is 4.72 Å². The molecule has 1 N–H and O–H groups in total. The van der Waals surface area contributed by atoms with Gasteiger partial charge in [0, 0.05) is 16.9 Å². The number of hydrogen-bond donors (Lipinski definition) is 1. The number of carbonyl (C=O) groups excluding carboxylic acids is 1. The SMILES string of the molecule is CC(C)(C)[S@@+]([O-])NC(CF)(c1ccccc1F)C(F)(F)C=O. The number of alkyl halides is 3. The first kappa shape index (κ1) is 18.9. The molecule has 124 valence electrons. The molecule has 0 fully saturated rings. The van der Waals surface area contributed by atoms with Crippen molar-refractivity contribution >= 4 is 17.6 Å². The molecule has 0 aromatic heterocycles. The van der Waals surface area contributed by atoms with Crippen LogP contribution < -0.4 is 4.72 Å². The van der Waals surface area contributed by atoms with Crippen LogP contribution in [0.1, 0.15) is 26.3 Å². The van der Waals surface area contributed by atoms with Gasteiger partial charge in [0.05, 0.1) is 0 Å². The summed E-state index contributed by atoms with van der Waals surface area (Å²) in [5, 5.41) is 0. The zero-order chi connectivity index (χ0) is 17.2. The van der Waals surface area contributed by atoms with Crippen LogP contribution in [-0.2, 0) is 21.7 Å². The highest BCUT2D eigenvalue weighted by Gasteiger charge is 2.60. The summed E-state index contributed by atoms with van der Waals surface area (Å²) in [5.74, 6) is -5.43. The van der Waals surface area contributed by atoms with E-state index in [4.69, 9.17) is 0 Å². The number of carbonyl (C=O) groups is 1. The third-order valence-electron chi connectivity index (χ3n) is 3.07. The molecule has 8 heteroatoms. The molecule has 1 unspecified atom stereocenters. The van der Waals surface area contributed by atoms with Gasteiger partial charge in [0.2, 0.25) is 0 Å². The van der Waals surface area contributed by atoms with E-state index in [1.807, 2.05) is 4.72 Å². The van der Waals surface area contributed by atoms with Crippen molar-refractivity contribution < 1.29 is 26.9 Å². The summed E-state index contributed by atoms with van der Waals surface area (Å²) >= 11 is -2.16. The molecule has 3 nitrogen and oxygen atoms in total. The molecule has 1 aromatic rings. The molecule has 1 aromatic carbocycles. The third-order valence-corrected chi connectivity index (χ3v) is 4.72. The second-order valence-corrected chi connectivity index (χ2v) is 7.71. The Morgan fingerprint density at radius 1 is 1.27 bits per heavy atom. The van der Waals surface area contributed by atoms with Gasteiger partial charge >= 0.3 is 5.92 Å². The summed E-state index contributed by atoms with van der Waals surface area (Å²) in [6.45, 7) is 2.60. The van der Waals surface area contributed by atoms with Crippen molar-refractivity contribution in [3.05, 3.63) is 35.6 Å². The molecule has 0 saturated heterocycles. The number of benzene rings is 1. The van der Waals surface area contributed by atoms with Gasteiger partial charge in [-0.2, -0.15) is 8.78 Å². The fourth-order valence-electron chi connectivity index (χ4n) is 1.71. The lowest BCUT2D eigenvalue weighted by molar-refractivity contribution is -0.144. The molecular formula is C14H17F4NO2S. The van der Waals surface area contributed by atoms with Crippen LogP contribution in [0.5, 0.6) is 0 Å². The van der Waals surface area contributed by atoms with Crippen LogP contribution in [-0.4, -0.2) is 28.2 Å². The normalized spacial score (nSPS) is 16.9. The predicted octanol–water partition coefficient (Wildman–Crippen LogP) is 2.88. The molecule has 0 radical (unpaired) electrons. The molecule has 1 rings (SSSR count). The molecule has 0 aliphatic carbocycles. The van der Waals surface area contributed by atoms with Crippen molar-refractivity contribution in [3.63, 3.8) is 0 Å². The Morgan fingerprint density at radius 3 is 2.23 bits per heavy atom. The van der Waals surface area contributed by atoms with E-state index in [9.17, 15) is 26.9 Å². The topological polar surface area (TPSA) is 52.2 Å². The number of nitrogens with one attached hydrogen (secondary N) is 1. The Bertz CT molecular complexity index is 536. The lowest BCUT2D eigenvalue weighted by Gasteiger charge is -2.38. The Labute approximate surface area is 129 Å². The van der Waals surface area contributed by atoms with E-state index in [0.717, 1.165) is 12.1 Å². The molecule has 22 heavy (non-hydrogen) atoms. The van der Waals surface area contributed by atoms with E-state index in [1.165, 1.54) is 32.9 Å². The zero-order valence-electron chi connectivity index (χ0n) is 12.3. The van der Waals surface area contributed by atoms with Gasteiger partial charge in [-0.1, -0.05) is 18.2 Å². The van der Waals surface area contributed by atoms with E-state index in [0.29, 0.717) is 0 Å². The highest BCUT2D eigenvalue weighted by atomic mass is 32.2.